The number of hydrogen-bond acceptors (Lipinski definition) is 5. The normalized spacial score (nSPS) is 16.0. The molecule has 0 atom stereocenters. The van der Waals surface area contributed by atoms with Crippen molar-refractivity contribution >= 4 is 28.4 Å². The van der Waals surface area contributed by atoms with Crippen LogP contribution in [0.5, 0.6) is 0 Å². The van der Waals surface area contributed by atoms with Crippen LogP contribution in [-0.4, -0.2) is 60.5 Å². The van der Waals surface area contributed by atoms with Gasteiger partial charge in [0.1, 0.15) is 0 Å². The van der Waals surface area contributed by atoms with Crippen LogP contribution in [0.2, 0.25) is 0 Å². The Balaban J connectivity index is 1.73. The molecular weight excluding hydrogens is 362 g/mol. The molecule has 1 saturated heterocycles. The minimum atomic E-state index is -0.267. The third kappa shape index (κ3) is 4.05. The van der Waals surface area contributed by atoms with Gasteiger partial charge in [-0.05, 0) is 18.4 Å². The number of nitrogens with zero attached hydrogens (tertiary/aromatic N) is 3. The largest absolute Gasteiger partial charge is 0.375 e. The fourth-order valence-corrected chi connectivity index (χ4v) is 4.18. The number of nitrogens with one attached hydrogen (secondary N) is 1. The van der Waals surface area contributed by atoms with E-state index in [1.807, 2.05) is 28.5 Å². The van der Waals surface area contributed by atoms with Crippen molar-refractivity contribution in [3.05, 3.63) is 47.0 Å². The maximum atomic E-state index is 12.5. The number of thiazole rings is 1. The highest BCUT2D eigenvalue weighted by Crippen LogP contribution is 2.42. The standard InChI is InChI=1S/C19H25N5O2S/c1-23(2)18(26)21-12-16(25)24-10-8-19(9-11-24,14-6-4-3-5-7-14)15-13-27-17(20)22-15/h3-7,13H,8-12H2,1-2H3,(H2,20,22)(H,21,26). The summed E-state index contributed by atoms with van der Waals surface area (Å²) < 4.78 is 0. The van der Waals surface area contributed by atoms with Crippen molar-refractivity contribution in [1.29, 1.82) is 0 Å². The number of nitrogen functional groups attached to an aromatic ring is 1. The molecule has 3 N–H and O–H groups in total. The average Bonchev–Trinajstić information content (AvgIpc) is 3.13. The Kier molecular flexibility index (Phi) is 5.65. The molecule has 3 rings (SSSR count). The lowest BCUT2D eigenvalue weighted by Gasteiger charge is -2.41. The first kappa shape index (κ1) is 19.2. The summed E-state index contributed by atoms with van der Waals surface area (Å²) in [6.45, 7) is 1.24. The van der Waals surface area contributed by atoms with E-state index in [2.05, 4.69) is 22.4 Å². The highest BCUT2D eigenvalue weighted by molar-refractivity contribution is 7.13. The Morgan fingerprint density at radius 2 is 1.93 bits per heavy atom. The number of rotatable bonds is 4. The molecule has 2 aromatic rings. The van der Waals surface area contributed by atoms with Crippen molar-refractivity contribution in [2.45, 2.75) is 18.3 Å². The van der Waals surface area contributed by atoms with Gasteiger partial charge in [0.2, 0.25) is 5.91 Å². The van der Waals surface area contributed by atoms with Gasteiger partial charge in [-0.3, -0.25) is 4.79 Å². The molecule has 1 fully saturated rings. The Morgan fingerprint density at radius 1 is 1.26 bits per heavy atom. The van der Waals surface area contributed by atoms with E-state index >= 15 is 0 Å². The number of carbonyl (C=O) groups excluding carboxylic acids is 2. The second-order valence-electron chi connectivity index (χ2n) is 6.95. The van der Waals surface area contributed by atoms with Gasteiger partial charge < -0.3 is 20.9 Å². The third-order valence-electron chi connectivity index (χ3n) is 5.11. The zero-order chi connectivity index (χ0) is 19.4. The Morgan fingerprint density at radius 3 is 2.48 bits per heavy atom. The predicted octanol–water partition coefficient (Wildman–Crippen LogP) is 1.90. The molecular formula is C19H25N5O2S. The molecule has 2 heterocycles. The van der Waals surface area contributed by atoms with E-state index in [1.165, 1.54) is 21.8 Å². The van der Waals surface area contributed by atoms with Gasteiger partial charge in [-0.2, -0.15) is 0 Å². The smallest absolute Gasteiger partial charge is 0.317 e. The second kappa shape index (κ2) is 7.96. The average molecular weight is 388 g/mol. The van der Waals surface area contributed by atoms with E-state index in [-0.39, 0.29) is 23.9 Å². The van der Waals surface area contributed by atoms with Gasteiger partial charge >= 0.3 is 6.03 Å². The first-order valence-electron chi connectivity index (χ1n) is 8.92. The van der Waals surface area contributed by atoms with Crippen LogP contribution in [-0.2, 0) is 10.2 Å². The van der Waals surface area contributed by atoms with E-state index in [1.54, 1.807) is 14.1 Å². The minimum Gasteiger partial charge on any atom is -0.375 e. The molecule has 0 spiro atoms. The van der Waals surface area contributed by atoms with Crippen LogP contribution < -0.4 is 11.1 Å². The van der Waals surface area contributed by atoms with E-state index in [0.29, 0.717) is 18.2 Å². The van der Waals surface area contributed by atoms with Gasteiger partial charge in [-0.15, -0.1) is 11.3 Å². The van der Waals surface area contributed by atoms with Crippen molar-refractivity contribution in [1.82, 2.24) is 20.1 Å². The summed E-state index contributed by atoms with van der Waals surface area (Å²) in [5, 5.41) is 5.22. The molecule has 1 aromatic carbocycles. The molecule has 0 aliphatic carbocycles. The molecule has 144 valence electrons. The van der Waals surface area contributed by atoms with Gasteiger partial charge in [0.25, 0.3) is 0 Å². The summed E-state index contributed by atoms with van der Waals surface area (Å²) in [6.07, 6.45) is 1.54. The number of nitrogens with two attached hydrogens (primary N) is 1. The number of urea groups is 1. The predicted molar refractivity (Wildman–Crippen MR) is 107 cm³/mol. The number of benzene rings is 1. The number of hydrogen-bond donors (Lipinski definition) is 2. The van der Waals surface area contributed by atoms with Crippen molar-refractivity contribution in [3.63, 3.8) is 0 Å². The fourth-order valence-electron chi connectivity index (χ4n) is 3.52. The van der Waals surface area contributed by atoms with Crippen LogP contribution in [0.15, 0.2) is 35.7 Å². The van der Waals surface area contributed by atoms with Gasteiger partial charge in [-0.1, -0.05) is 30.3 Å². The first-order chi connectivity index (χ1) is 12.9. The topological polar surface area (TPSA) is 91.6 Å². The molecule has 0 bridgehead atoms. The zero-order valence-electron chi connectivity index (χ0n) is 15.6. The summed E-state index contributed by atoms with van der Waals surface area (Å²) in [5.74, 6) is -0.0651. The van der Waals surface area contributed by atoms with Crippen LogP contribution in [0.1, 0.15) is 24.1 Å². The van der Waals surface area contributed by atoms with Crippen LogP contribution in [0, 0.1) is 0 Å². The van der Waals surface area contributed by atoms with E-state index in [0.717, 1.165) is 18.5 Å². The van der Waals surface area contributed by atoms with Crippen LogP contribution >= 0.6 is 11.3 Å². The maximum absolute atomic E-state index is 12.5. The molecule has 0 unspecified atom stereocenters. The molecule has 1 aliphatic heterocycles. The van der Waals surface area contributed by atoms with Crippen LogP contribution in [0.4, 0.5) is 9.93 Å². The highest BCUT2D eigenvalue weighted by atomic mass is 32.1. The van der Waals surface area contributed by atoms with Crippen molar-refractivity contribution in [2.75, 3.05) is 39.5 Å². The molecule has 8 heteroatoms. The lowest BCUT2D eigenvalue weighted by Crippen LogP contribution is -2.49. The number of carbonyl (C=O) groups is 2. The van der Waals surface area contributed by atoms with Crippen molar-refractivity contribution < 1.29 is 9.59 Å². The quantitative estimate of drug-likeness (QED) is 0.838. The van der Waals surface area contributed by atoms with Crippen molar-refractivity contribution in [2.24, 2.45) is 0 Å². The highest BCUT2D eigenvalue weighted by Gasteiger charge is 2.40. The van der Waals surface area contributed by atoms with E-state index < -0.39 is 0 Å². The molecule has 1 aromatic heterocycles. The maximum Gasteiger partial charge on any atom is 0.317 e. The summed E-state index contributed by atoms with van der Waals surface area (Å²) in [5.41, 5.74) is 7.83. The number of amides is 3. The zero-order valence-corrected chi connectivity index (χ0v) is 16.5. The molecule has 27 heavy (non-hydrogen) atoms. The molecule has 1 aliphatic rings. The SMILES string of the molecule is CN(C)C(=O)NCC(=O)N1CCC(c2ccccc2)(c2csc(N)n2)CC1. The van der Waals surface area contributed by atoms with Gasteiger partial charge in [0, 0.05) is 38.0 Å². The van der Waals surface area contributed by atoms with E-state index in [9.17, 15) is 9.59 Å². The molecule has 3 amide bonds. The molecule has 0 saturated carbocycles. The van der Waals surface area contributed by atoms with Crippen LogP contribution in [0.3, 0.4) is 0 Å². The van der Waals surface area contributed by atoms with Crippen LogP contribution in [0.25, 0.3) is 0 Å². The lowest BCUT2D eigenvalue weighted by atomic mass is 9.70. The third-order valence-corrected chi connectivity index (χ3v) is 5.78. The van der Waals surface area contributed by atoms with Gasteiger partial charge in [0.05, 0.1) is 12.2 Å². The second-order valence-corrected chi connectivity index (χ2v) is 7.84. The monoisotopic (exact) mass is 387 g/mol. The molecule has 0 radical (unpaired) electrons. The lowest BCUT2D eigenvalue weighted by molar-refractivity contribution is -0.131. The van der Waals surface area contributed by atoms with Gasteiger partial charge in [0.15, 0.2) is 5.13 Å². The summed E-state index contributed by atoms with van der Waals surface area (Å²) in [4.78, 5) is 31.9. The number of piperidine rings is 1. The number of aromatic nitrogens is 1. The fraction of sp³-hybridized carbons (Fsp3) is 0.421. The summed E-state index contributed by atoms with van der Waals surface area (Å²) >= 11 is 1.45. The Bertz CT molecular complexity index is 797. The first-order valence-corrected chi connectivity index (χ1v) is 9.80. The van der Waals surface area contributed by atoms with Gasteiger partial charge in [-0.25, -0.2) is 9.78 Å². The van der Waals surface area contributed by atoms with Crippen molar-refractivity contribution in [3.8, 4) is 0 Å². The Hall–Kier alpha value is -2.61. The minimum absolute atomic E-state index is 0.0129. The number of anilines is 1. The number of likely N-dealkylation sites (tertiary alicyclic amines) is 1. The van der Waals surface area contributed by atoms with E-state index in [4.69, 9.17) is 5.73 Å². The molecule has 7 nitrogen and oxygen atoms in total. The summed E-state index contributed by atoms with van der Waals surface area (Å²) in [6, 6.07) is 10.0. The Labute approximate surface area is 163 Å². The summed E-state index contributed by atoms with van der Waals surface area (Å²) in [7, 11) is 3.29.